The smallest absolute Gasteiger partial charge is 0.0957 e. The van der Waals surface area contributed by atoms with E-state index in [9.17, 15) is 5.11 Å². The van der Waals surface area contributed by atoms with E-state index in [1.54, 1.807) is 0 Å². The van der Waals surface area contributed by atoms with E-state index in [2.05, 4.69) is 16.0 Å². The van der Waals surface area contributed by atoms with Crippen molar-refractivity contribution in [3.63, 3.8) is 0 Å². The maximum Gasteiger partial charge on any atom is 0.0957 e. The van der Waals surface area contributed by atoms with Gasteiger partial charge in [0.15, 0.2) is 0 Å². The Hall–Kier alpha value is -1.13. The maximum absolute atomic E-state index is 9.75. The summed E-state index contributed by atoms with van der Waals surface area (Å²) in [5.41, 5.74) is 1.88. The summed E-state index contributed by atoms with van der Waals surface area (Å²) in [6.45, 7) is 3.28. The molecule has 19 heavy (non-hydrogen) atoms. The Morgan fingerprint density at radius 2 is 2.32 bits per heavy atom. The fourth-order valence-electron chi connectivity index (χ4n) is 2.78. The summed E-state index contributed by atoms with van der Waals surface area (Å²) in [6, 6.07) is 4.50. The summed E-state index contributed by atoms with van der Waals surface area (Å²) >= 11 is 0. The van der Waals surface area contributed by atoms with E-state index in [0.29, 0.717) is 12.5 Å². The summed E-state index contributed by atoms with van der Waals surface area (Å²) < 4.78 is 0. The van der Waals surface area contributed by atoms with Crippen molar-refractivity contribution in [2.75, 3.05) is 18.1 Å². The highest BCUT2D eigenvalue weighted by molar-refractivity contribution is 5.46. The average Bonchev–Trinajstić information content (AvgIpc) is 2.92. The SMILES string of the molecule is CCC(O)c1ccc(N2CCCC2CCCO)cn1. The lowest BCUT2D eigenvalue weighted by Gasteiger charge is -2.26. The van der Waals surface area contributed by atoms with Gasteiger partial charge in [0, 0.05) is 19.2 Å². The lowest BCUT2D eigenvalue weighted by Crippen LogP contribution is -2.29. The molecule has 0 bridgehead atoms. The van der Waals surface area contributed by atoms with Gasteiger partial charge in [0.05, 0.1) is 23.7 Å². The second kappa shape index (κ2) is 6.87. The van der Waals surface area contributed by atoms with Crippen LogP contribution in [0.25, 0.3) is 0 Å². The molecular formula is C15H24N2O2. The molecule has 1 aromatic rings. The van der Waals surface area contributed by atoms with Crippen molar-refractivity contribution in [2.45, 2.75) is 51.2 Å². The standard InChI is InChI=1S/C15H24N2O2/c1-2-15(19)14-8-7-13(11-16-14)17-9-3-5-12(17)6-4-10-18/h7-8,11-12,15,18-19H,2-6,9-10H2,1H3. The van der Waals surface area contributed by atoms with E-state index in [4.69, 9.17) is 5.11 Å². The molecule has 0 aromatic carbocycles. The minimum absolute atomic E-state index is 0.268. The van der Waals surface area contributed by atoms with Crippen molar-refractivity contribution < 1.29 is 10.2 Å². The summed E-state index contributed by atoms with van der Waals surface area (Å²) in [7, 11) is 0. The lowest BCUT2D eigenvalue weighted by atomic mass is 10.1. The van der Waals surface area contributed by atoms with Crippen molar-refractivity contribution in [1.29, 1.82) is 0 Å². The van der Waals surface area contributed by atoms with Gasteiger partial charge >= 0.3 is 0 Å². The van der Waals surface area contributed by atoms with Crippen molar-refractivity contribution >= 4 is 5.69 Å². The van der Waals surface area contributed by atoms with Gasteiger partial charge in [0.25, 0.3) is 0 Å². The average molecular weight is 264 g/mol. The molecule has 0 aliphatic carbocycles. The largest absolute Gasteiger partial charge is 0.396 e. The molecule has 2 N–H and O–H groups in total. The fourth-order valence-corrected chi connectivity index (χ4v) is 2.78. The zero-order valence-corrected chi connectivity index (χ0v) is 11.6. The zero-order chi connectivity index (χ0) is 13.7. The molecule has 0 radical (unpaired) electrons. The highest BCUT2D eigenvalue weighted by Gasteiger charge is 2.24. The Kier molecular flexibility index (Phi) is 5.16. The highest BCUT2D eigenvalue weighted by Crippen LogP contribution is 2.28. The van der Waals surface area contributed by atoms with Crippen molar-refractivity contribution in [3.05, 3.63) is 24.0 Å². The minimum Gasteiger partial charge on any atom is -0.396 e. The molecular weight excluding hydrogens is 240 g/mol. The first-order valence-corrected chi connectivity index (χ1v) is 7.27. The van der Waals surface area contributed by atoms with Crippen LogP contribution in [0.15, 0.2) is 18.3 Å². The predicted octanol–water partition coefficient (Wildman–Crippen LogP) is 2.27. The number of aliphatic hydroxyl groups is 2. The van der Waals surface area contributed by atoms with E-state index >= 15 is 0 Å². The second-order valence-corrected chi connectivity index (χ2v) is 5.22. The van der Waals surface area contributed by atoms with Crippen LogP contribution >= 0.6 is 0 Å². The molecule has 0 saturated carbocycles. The molecule has 4 nitrogen and oxygen atoms in total. The molecule has 1 aliphatic rings. The molecule has 0 spiro atoms. The first-order chi connectivity index (χ1) is 9.26. The Labute approximate surface area is 115 Å². The Bertz CT molecular complexity index is 380. The molecule has 1 fully saturated rings. The van der Waals surface area contributed by atoms with Gasteiger partial charge in [-0.15, -0.1) is 0 Å². The van der Waals surface area contributed by atoms with Crippen LogP contribution in [-0.2, 0) is 0 Å². The first kappa shape index (κ1) is 14.3. The van der Waals surface area contributed by atoms with E-state index in [0.717, 1.165) is 30.8 Å². The van der Waals surface area contributed by atoms with Gasteiger partial charge in [0.1, 0.15) is 0 Å². The van der Waals surface area contributed by atoms with Gasteiger partial charge < -0.3 is 15.1 Å². The van der Waals surface area contributed by atoms with Crippen molar-refractivity contribution in [1.82, 2.24) is 4.98 Å². The maximum atomic E-state index is 9.75. The number of aliphatic hydroxyl groups excluding tert-OH is 2. The van der Waals surface area contributed by atoms with Crippen molar-refractivity contribution in [3.8, 4) is 0 Å². The van der Waals surface area contributed by atoms with E-state index in [1.807, 2.05) is 19.2 Å². The zero-order valence-electron chi connectivity index (χ0n) is 11.6. The molecule has 2 heterocycles. The van der Waals surface area contributed by atoms with Gasteiger partial charge in [-0.3, -0.25) is 4.98 Å². The number of nitrogens with zero attached hydrogens (tertiary/aromatic N) is 2. The Morgan fingerprint density at radius 1 is 1.47 bits per heavy atom. The predicted molar refractivity (Wildman–Crippen MR) is 76.2 cm³/mol. The summed E-state index contributed by atoms with van der Waals surface area (Å²) in [5.74, 6) is 0. The van der Waals surface area contributed by atoms with Gasteiger partial charge in [0.2, 0.25) is 0 Å². The molecule has 0 amide bonds. The molecule has 2 atom stereocenters. The fraction of sp³-hybridized carbons (Fsp3) is 0.667. The second-order valence-electron chi connectivity index (χ2n) is 5.22. The Balaban J connectivity index is 2.04. The quantitative estimate of drug-likeness (QED) is 0.827. The van der Waals surface area contributed by atoms with E-state index < -0.39 is 6.10 Å². The van der Waals surface area contributed by atoms with Gasteiger partial charge in [-0.05, 0) is 44.2 Å². The van der Waals surface area contributed by atoms with Gasteiger partial charge in [-0.2, -0.15) is 0 Å². The number of hydrogen-bond acceptors (Lipinski definition) is 4. The van der Waals surface area contributed by atoms with Gasteiger partial charge in [-0.25, -0.2) is 0 Å². The summed E-state index contributed by atoms with van der Waals surface area (Å²) in [5, 5.41) is 18.7. The molecule has 1 saturated heterocycles. The van der Waals surface area contributed by atoms with Gasteiger partial charge in [-0.1, -0.05) is 6.92 Å². The molecule has 2 unspecified atom stereocenters. The van der Waals surface area contributed by atoms with Crippen LogP contribution in [0, 0.1) is 0 Å². The van der Waals surface area contributed by atoms with Crippen LogP contribution in [0.1, 0.15) is 50.8 Å². The molecule has 4 heteroatoms. The molecule has 1 aromatic heterocycles. The molecule has 106 valence electrons. The normalized spacial score (nSPS) is 20.8. The van der Waals surface area contributed by atoms with Crippen molar-refractivity contribution in [2.24, 2.45) is 0 Å². The highest BCUT2D eigenvalue weighted by atomic mass is 16.3. The van der Waals surface area contributed by atoms with Crippen LogP contribution < -0.4 is 4.90 Å². The monoisotopic (exact) mass is 264 g/mol. The number of aromatic nitrogens is 1. The van der Waals surface area contributed by atoms with Crippen LogP contribution in [0.4, 0.5) is 5.69 Å². The summed E-state index contributed by atoms with van der Waals surface area (Å²) in [4.78, 5) is 6.75. The minimum atomic E-state index is -0.460. The van der Waals surface area contributed by atoms with E-state index in [1.165, 1.54) is 12.8 Å². The third-order valence-corrected chi connectivity index (χ3v) is 3.90. The third kappa shape index (κ3) is 3.45. The lowest BCUT2D eigenvalue weighted by molar-refractivity contribution is 0.169. The van der Waals surface area contributed by atoms with Crippen LogP contribution in [0.5, 0.6) is 0 Å². The Morgan fingerprint density at radius 3 is 2.95 bits per heavy atom. The number of anilines is 1. The number of pyridine rings is 1. The summed E-state index contributed by atoms with van der Waals surface area (Å²) in [6.07, 6.45) is 6.39. The van der Waals surface area contributed by atoms with Crippen LogP contribution in [0.3, 0.4) is 0 Å². The first-order valence-electron chi connectivity index (χ1n) is 7.27. The molecule has 2 rings (SSSR count). The number of hydrogen-bond donors (Lipinski definition) is 2. The third-order valence-electron chi connectivity index (χ3n) is 3.90. The molecule has 1 aliphatic heterocycles. The van der Waals surface area contributed by atoms with E-state index in [-0.39, 0.29) is 6.61 Å². The van der Waals surface area contributed by atoms with Crippen LogP contribution in [-0.4, -0.2) is 34.4 Å². The topological polar surface area (TPSA) is 56.6 Å². The van der Waals surface area contributed by atoms with Crippen LogP contribution in [0.2, 0.25) is 0 Å². The number of rotatable bonds is 6.